The van der Waals surface area contributed by atoms with E-state index in [2.05, 4.69) is 5.32 Å². The average molecular weight is 199 g/mol. The van der Waals surface area contributed by atoms with E-state index < -0.39 is 11.6 Å². The summed E-state index contributed by atoms with van der Waals surface area (Å²) in [6.07, 6.45) is 0.780. The van der Waals surface area contributed by atoms with Gasteiger partial charge in [-0.25, -0.2) is 4.39 Å². The Morgan fingerprint density at radius 3 is 2.93 bits per heavy atom. The van der Waals surface area contributed by atoms with Gasteiger partial charge in [0.1, 0.15) is 6.10 Å². The van der Waals surface area contributed by atoms with Crippen LogP contribution >= 0.6 is 0 Å². The Morgan fingerprint density at radius 2 is 2.21 bits per heavy atom. The molecule has 0 aromatic heterocycles. The third-order valence-corrected chi connectivity index (χ3v) is 2.22. The van der Waals surface area contributed by atoms with Gasteiger partial charge in [0.05, 0.1) is 0 Å². The molecular weight excluding hydrogens is 188 g/mol. The third-order valence-electron chi connectivity index (χ3n) is 2.22. The van der Waals surface area contributed by atoms with Gasteiger partial charge in [0.15, 0.2) is 11.6 Å². The molecule has 0 spiro atoms. The lowest BCUT2D eigenvalue weighted by Crippen LogP contribution is -2.20. The summed E-state index contributed by atoms with van der Waals surface area (Å²) >= 11 is 0. The van der Waals surface area contributed by atoms with E-state index in [9.17, 15) is 8.78 Å². The fourth-order valence-corrected chi connectivity index (χ4v) is 1.48. The molecule has 1 fully saturated rings. The van der Waals surface area contributed by atoms with Crippen LogP contribution in [0.1, 0.15) is 6.42 Å². The van der Waals surface area contributed by atoms with Gasteiger partial charge in [-0.2, -0.15) is 4.39 Å². The minimum absolute atomic E-state index is 0.00120. The minimum Gasteiger partial charge on any atom is -0.486 e. The van der Waals surface area contributed by atoms with E-state index in [1.165, 1.54) is 12.1 Å². The summed E-state index contributed by atoms with van der Waals surface area (Å²) in [6.45, 7) is 1.55. The number of benzene rings is 1. The summed E-state index contributed by atoms with van der Waals surface area (Å²) in [5.41, 5.74) is 0. The van der Waals surface area contributed by atoms with Crippen LogP contribution in [0.4, 0.5) is 8.78 Å². The van der Waals surface area contributed by atoms with Crippen LogP contribution in [0.5, 0.6) is 5.75 Å². The maximum atomic E-state index is 13.1. The van der Waals surface area contributed by atoms with E-state index in [-0.39, 0.29) is 11.9 Å². The number of halogens is 2. The predicted molar refractivity (Wildman–Crippen MR) is 48.3 cm³/mol. The Balaban J connectivity index is 2.11. The average Bonchev–Trinajstić information content (AvgIpc) is 2.66. The maximum Gasteiger partial charge on any atom is 0.200 e. The number of ether oxygens (including phenoxy) is 1. The predicted octanol–water partition coefficient (Wildman–Crippen LogP) is 1.71. The minimum atomic E-state index is -0.903. The van der Waals surface area contributed by atoms with Gasteiger partial charge in [0.25, 0.3) is 0 Å². The van der Waals surface area contributed by atoms with Crippen molar-refractivity contribution < 1.29 is 13.5 Å². The second kappa shape index (κ2) is 3.92. The molecule has 1 N–H and O–H groups in total. The van der Waals surface area contributed by atoms with Crippen molar-refractivity contribution >= 4 is 0 Å². The summed E-state index contributed by atoms with van der Waals surface area (Å²) in [5, 5.41) is 3.09. The highest BCUT2D eigenvalue weighted by molar-refractivity contribution is 5.25. The lowest BCUT2D eigenvalue weighted by atomic mass is 10.3. The summed E-state index contributed by atoms with van der Waals surface area (Å²) in [4.78, 5) is 0. The third kappa shape index (κ3) is 1.85. The Morgan fingerprint density at radius 1 is 1.36 bits per heavy atom. The Hall–Kier alpha value is -1.16. The first-order valence-corrected chi connectivity index (χ1v) is 4.59. The van der Waals surface area contributed by atoms with Gasteiger partial charge in [0.2, 0.25) is 5.82 Å². The molecule has 0 aliphatic carbocycles. The van der Waals surface area contributed by atoms with E-state index >= 15 is 0 Å². The Kier molecular flexibility index (Phi) is 2.63. The van der Waals surface area contributed by atoms with Crippen molar-refractivity contribution in [1.29, 1.82) is 0 Å². The van der Waals surface area contributed by atoms with Crippen molar-refractivity contribution in [3.8, 4) is 5.75 Å². The van der Waals surface area contributed by atoms with Crippen molar-refractivity contribution in [2.24, 2.45) is 0 Å². The van der Waals surface area contributed by atoms with Crippen LogP contribution in [0.3, 0.4) is 0 Å². The van der Waals surface area contributed by atoms with Crippen molar-refractivity contribution in [3.05, 3.63) is 29.8 Å². The summed E-state index contributed by atoms with van der Waals surface area (Å²) < 4.78 is 31.2. The Bertz CT molecular complexity index is 324. The van der Waals surface area contributed by atoms with Crippen LogP contribution in [-0.4, -0.2) is 19.2 Å². The lowest BCUT2D eigenvalue weighted by molar-refractivity contribution is 0.210. The number of nitrogens with one attached hydrogen (secondary N) is 1. The van der Waals surface area contributed by atoms with Crippen LogP contribution in [0.25, 0.3) is 0 Å². The van der Waals surface area contributed by atoms with E-state index in [4.69, 9.17) is 4.74 Å². The van der Waals surface area contributed by atoms with Gasteiger partial charge in [-0.05, 0) is 25.1 Å². The molecule has 1 aliphatic heterocycles. The molecule has 4 heteroatoms. The molecule has 0 bridgehead atoms. The largest absolute Gasteiger partial charge is 0.486 e. The first-order chi connectivity index (χ1) is 6.77. The molecule has 1 aromatic carbocycles. The molecule has 1 aliphatic rings. The molecule has 1 unspecified atom stereocenters. The quantitative estimate of drug-likeness (QED) is 0.782. The van der Waals surface area contributed by atoms with Crippen molar-refractivity contribution in [2.75, 3.05) is 13.1 Å². The first-order valence-electron chi connectivity index (χ1n) is 4.59. The highest BCUT2D eigenvalue weighted by Gasteiger charge is 2.18. The van der Waals surface area contributed by atoms with Crippen molar-refractivity contribution in [1.82, 2.24) is 5.32 Å². The molecular formula is C10H11F2NO. The normalized spacial score (nSPS) is 21.1. The topological polar surface area (TPSA) is 21.3 Å². The zero-order valence-corrected chi connectivity index (χ0v) is 7.59. The summed E-state index contributed by atoms with van der Waals surface area (Å²) in [6, 6.07) is 3.96. The fourth-order valence-electron chi connectivity index (χ4n) is 1.48. The van der Waals surface area contributed by atoms with Crippen LogP contribution in [0.15, 0.2) is 18.2 Å². The lowest BCUT2D eigenvalue weighted by Gasteiger charge is -2.12. The van der Waals surface area contributed by atoms with Crippen molar-refractivity contribution in [3.63, 3.8) is 0 Å². The van der Waals surface area contributed by atoms with E-state index in [1.54, 1.807) is 0 Å². The molecule has 1 aromatic rings. The van der Waals surface area contributed by atoms with Gasteiger partial charge >= 0.3 is 0 Å². The zero-order valence-electron chi connectivity index (χ0n) is 7.59. The SMILES string of the molecule is Fc1cccc(OC2CCNC2)c1F. The van der Waals surface area contributed by atoms with Gasteiger partial charge in [0, 0.05) is 6.54 Å². The molecule has 1 saturated heterocycles. The van der Waals surface area contributed by atoms with Gasteiger partial charge < -0.3 is 10.1 Å². The smallest absolute Gasteiger partial charge is 0.200 e. The highest BCUT2D eigenvalue weighted by Crippen LogP contribution is 2.21. The van der Waals surface area contributed by atoms with Gasteiger partial charge in [-0.1, -0.05) is 6.07 Å². The first kappa shape index (κ1) is 9.40. The fraction of sp³-hybridized carbons (Fsp3) is 0.400. The van der Waals surface area contributed by atoms with E-state index in [0.717, 1.165) is 19.0 Å². The molecule has 2 nitrogen and oxygen atoms in total. The zero-order chi connectivity index (χ0) is 9.97. The molecule has 2 rings (SSSR count). The second-order valence-corrected chi connectivity index (χ2v) is 3.28. The summed E-state index contributed by atoms with van der Waals surface area (Å²) in [5.74, 6) is -1.77. The second-order valence-electron chi connectivity index (χ2n) is 3.28. The van der Waals surface area contributed by atoms with Gasteiger partial charge in [-0.3, -0.25) is 0 Å². The van der Waals surface area contributed by atoms with E-state index in [0.29, 0.717) is 6.54 Å². The molecule has 0 amide bonds. The number of rotatable bonds is 2. The van der Waals surface area contributed by atoms with Crippen LogP contribution < -0.4 is 10.1 Å². The maximum absolute atomic E-state index is 13.1. The van der Waals surface area contributed by atoms with Crippen LogP contribution in [0.2, 0.25) is 0 Å². The highest BCUT2D eigenvalue weighted by atomic mass is 19.2. The molecule has 0 saturated carbocycles. The number of hydrogen-bond donors (Lipinski definition) is 1. The van der Waals surface area contributed by atoms with Crippen molar-refractivity contribution in [2.45, 2.75) is 12.5 Å². The van der Waals surface area contributed by atoms with Crippen LogP contribution in [0, 0.1) is 11.6 Å². The molecule has 0 radical (unpaired) electrons. The standard InChI is InChI=1S/C10H11F2NO/c11-8-2-1-3-9(10(8)12)14-7-4-5-13-6-7/h1-3,7,13H,4-6H2. The molecule has 76 valence electrons. The molecule has 14 heavy (non-hydrogen) atoms. The van der Waals surface area contributed by atoms with Crippen LogP contribution in [-0.2, 0) is 0 Å². The number of hydrogen-bond acceptors (Lipinski definition) is 2. The monoisotopic (exact) mass is 199 g/mol. The van der Waals surface area contributed by atoms with Gasteiger partial charge in [-0.15, -0.1) is 0 Å². The molecule has 1 atom stereocenters. The Labute approximate surface area is 80.9 Å². The van der Waals surface area contributed by atoms with E-state index in [1.807, 2.05) is 0 Å². The summed E-state index contributed by atoms with van der Waals surface area (Å²) in [7, 11) is 0. The molecule has 1 heterocycles.